The summed E-state index contributed by atoms with van der Waals surface area (Å²) in [7, 11) is 0. The van der Waals surface area contributed by atoms with Crippen LogP contribution in [0.2, 0.25) is 0 Å². The van der Waals surface area contributed by atoms with Crippen LogP contribution in [-0.4, -0.2) is 43.0 Å². The van der Waals surface area contributed by atoms with Gasteiger partial charge in [0.2, 0.25) is 5.91 Å². The fourth-order valence-corrected chi connectivity index (χ4v) is 2.67. The van der Waals surface area contributed by atoms with Gasteiger partial charge in [-0.25, -0.2) is 0 Å². The Morgan fingerprint density at radius 3 is 2.44 bits per heavy atom. The maximum Gasteiger partial charge on any atom is 0.237 e. The summed E-state index contributed by atoms with van der Waals surface area (Å²) in [5, 5.41) is 3.06. The van der Waals surface area contributed by atoms with Gasteiger partial charge in [0.15, 0.2) is 0 Å². The first-order valence-electron chi connectivity index (χ1n) is 7.38. The van der Waals surface area contributed by atoms with Crippen molar-refractivity contribution in [3.8, 4) is 0 Å². The fourth-order valence-electron chi connectivity index (χ4n) is 2.67. The summed E-state index contributed by atoms with van der Waals surface area (Å²) in [6.07, 6.45) is 5.72. The summed E-state index contributed by atoms with van der Waals surface area (Å²) in [4.78, 5) is 14.6. The van der Waals surface area contributed by atoms with E-state index in [1.807, 2.05) is 0 Å². The van der Waals surface area contributed by atoms with Crippen LogP contribution in [0.25, 0.3) is 0 Å². The highest BCUT2D eigenvalue weighted by molar-refractivity contribution is 5.82. The van der Waals surface area contributed by atoms with Crippen molar-refractivity contribution >= 4 is 5.91 Å². The van der Waals surface area contributed by atoms with Crippen molar-refractivity contribution < 1.29 is 4.79 Å². The molecule has 1 rings (SSSR count). The van der Waals surface area contributed by atoms with Gasteiger partial charge in [0.1, 0.15) is 0 Å². The summed E-state index contributed by atoms with van der Waals surface area (Å²) in [5.74, 6) is 0.571. The zero-order valence-corrected chi connectivity index (χ0v) is 12.0. The standard InChI is InChI=1S/C14H29N3O/c1-12(2)13(17-10-6-3-7-11-17)14(18)16-9-5-4-8-15/h12-13H,3-11,15H2,1-2H3,(H,16,18). The van der Waals surface area contributed by atoms with E-state index in [9.17, 15) is 4.79 Å². The first-order valence-corrected chi connectivity index (χ1v) is 7.38. The van der Waals surface area contributed by atoms with E-state index in [2.05, 4.69) is 24.1 Å². The summed E-state index contributed by atoms with van der Waals surface area (Å²) < 4.78 is 0. The lowest BCUT2D eigenvalue weighted by Crippen LogP contribution is -2.51. The van der Waals surface area contributed by atoms with Crippen LogP contribution in [0.5, 0.6) is 0 Å². The van der Waals surface area contributed by atoms with E-state index in [4.69, 9.17) is 5.73 Å². The lowest BCUT2D eigenvalue weighted by molar-refractivity contribution is -0.128. The number of nitrogens with two attached hydrogens (primary N) is 1. The first-order chi connectivity index (χ1) is 8.66. The van der Waals surface area contributed by atoms with E-state index in [0.29, 0.717) is 12.5 Å². The van der Waals surface area contributed by atoms with E-state index in [1.165, 1.54) is 19.3 Å². The number of amides is 1. The van der Waals surface area contributed by atoms with E-state index < -0.39 is 0 Å². The Bertz CT molecular complexity index is 237. The molecule has 0 bridgehead atoms. The van der Waals surface area contributed by atoms with Crippen molar-refractivity contribution in [3.05, 3.63) is 0 Å². The molecule has 1 atom stereocenters. The summed E-state index contributed by atoms with van der Waals surface area (Å²) >= 11 is 0. The third-order valence-electron chi connectivity index (χ3n) is 3.61. The zero-order chi connectivity index (χ0) is 13.4. The molecule has 1 heterocycles. The Hall–Kier alpha value is -0.610. The van der Waals surface area contributed by atoms with E-state index >= 15 is 0 Å². The molecule has 4 nitrogen and oxygen atoms in total. The van der Waals surface area contributed by atoms with Crippen LogP contribution >= 0.6 is 0 Å². The van der Waals surface area contributed by atoms with Crippen molar-refractivity contribution in [2.45, 2.75) is 52.0 Å². The molecule has 0 aromatic carbocycles. The van der Waals surface area contributed by atoms with Gasteiger partial charge in [0, 0.05) is 6.54 Å². The SMILES string of the molecule is CC(C)C(C(=O)NCCCCN)N1CCCCC1. The summed E-state index contributed by atoms with van der Waals surface area (Å²) in [6.45, 7) is 7.87. The number of likely N-dealkylation sites (tertiary alicyclic amines) is 1. The first kappa shape index (κ1) is 15.4. The van der Waals surface area contributed by atoms with Gasteiger partial charge in [-0.05, 0) is 51.2 Å². The van der Waals surface area contributed by atoms with Crippen molar-refractivity contribution in [2.75, 3.05) is 26.2 Å². The monoisotopic (exact) mass is 255 g/mol. The second-order valence-corrected chi connectivity index (χ2v) is 5.57. The Morgan fingerprint density at radius 2 is 1.89 bits per heavy atom. The molecular weight excluding hydrogens is 226 g/mol. The molecule has 1 saturated heterocycles. The minimum Gasteiger partial charge on any atom is -0.355 e. The molecule has 1 fully saturated rings. The van der Waals surface area contributed by atoms with Crippen molar-refractivity contribution in [1.29, 1.82) is 0 Å². The predicted molar refractivity (Wildman–Crippen MR) is 75.3 cm³/mol. The molecular formula is C14H29N3O. The van der Waals surface area contributed by atoms with Gasteiger partial charge in [-0.15, -0.1) is 0 Å². The van der Waals surface area contributed by atoms with Crippen LogP contribution in [0.1, 0.15) is 46.0 Å². The molecule has 0 aromatic heterocycles. The van der Waals surface area contributed by atoms with Gasteiger partial charge in [-0.3, -0.25) is 9.69 Å². The van der Waals surface area contributed by atoms with Gasteiger partial charge in [-0.1, -0.05) is 20.3 Å². The van der Waals surface area contributed by atoms with Gasteiger partial charge < -0.3 is 11.1 Å². The third kappa shape index (κ3) is 4.94. The number of unbranched alkanes of at least 4 members (excludes halogenated alkanes) is 1. The molecule has 3 N–H and O–H groups in total. The highest BCUT2D eigenvalue weighted by Gasteiger charge is 2.29. The van der Waals surface area contributed by atoms with E-state index in [-0.39, 0.29) is 11.9 Å². The van der Waals surface area contributed by atoms with Gasteiger partial charge in [-0.2, -0.15) is 0 Å². The molecule has 0 aliphatic carbocycles. The predicted octanol–water partition coefficient (Wildman–Crippen LogP) is 1.35. The van der Waals surface area contributed by atoms with Crippen LogP contribution in [0.15, 0.2) is 0 Å². The summed E-state index contributed by atoms with van der Waals surface area (Å²) in [6, 6.07) is 0.0446. The fraction of sp³-hybridized carbons (Fsp3) is 0.929. The van der Waals surface area contributed by atoms with Crippen LogP contribution in [0.4, 0.5) is 0 Å². The average Bonchev–Trinajstić information content (AvgIpc) is 2.36. The Kier molecular flexibility index (Phi) is 7.28. The molecule has 0 saturated carbocycles. The number of carbonyl (C=O) groups is 1. The maximum atomic E-state index is 12.3. The molecule has 18 heavy (non-hydrogen) atoms. The topological polar surface area (TPSA) is 58.4 Å². The van der Waals surface area contributed by atoms with Crippen molar-refractivity contribution in [3.63, 3.8) is 0 Å². The zero-order valence-electron chi connectivity index (χ0n) is 12.0. The quantitative estimate of drug-likeness (QED) is 0.675. The minimum absolute atomic E-state index is 0.0446. The van der Waals surface area contributed by atoms with Crippen LogP contribution in [-0.2, 0) is 4.79 Å². The Balaban J connectivity index is 2.42. The number of nitrogens with zero attached hydrogens (tertiary/aromatic N) is 1. The van der Waals surface area contributed by atoms with Crippen molar-refractivity contribution in [1.82, 2.24) is 10.2 Å². The highest BCUT2D eigenvalue weighted by atomic mass is 16.2. The van der Waals surface area contributed by atoms with Gasteiger partial charge in [0.05, 0.1) is 6.04 Å². The molecule has 4 heteroatoms. The lowest BCUT2D eigenvalue weighted by atomic mass is 9.98. The number of piperidine rings is 1. The Labute approximate surface area is 111 Å². The lowest BCUT2D eigenvalue weighted by Gasteiger charge is -2.35. The number of hydrogen-bond acceptors (Lipinski definition) is 3. The molecule has 1 aliphatic rings. The summed E-state index contributed by atoms with van der Waals surface area (Å²) in [5.41, 5.74) is 5.45. The molecule has 106 valence electrons. The van der Waals surface area contributed by atoms with Crippen LogP contribution in [0, 0.1) is 5.92 Å². The van der Waals surface area contributed by atoms with Crippen LogP contribution in [0.3, 0.4) is 0 Å². The Morgan fingerprint density at radius 1 is 1.22 bits per heavy atom. The van der Waals surface area contributed by atoms with Gasteiger partial charge in [0.25, 0.3) is 0 Å². The maximum absolute atomic E-state index is 12.3. The van der Waals surface area contributed by atoms with Crippen LogP contribution < -0.4 is 11.1 Å². The molecule has 0 aromatic rings. The number of hydrogen-bond donors (Lipinski definition) is 2. The minimum atomic E-state index is 0.0446. The van der Waals surface area contributed by atoms with E-state index in [1.54, 1.807) is 0 Å². The van der Waals surface area contributed by atoms with Gasteiger partial charge >= 0.3 is 0 Å². The number of nitrogens with one attached hydrogen (secondary N) is 1. The largest absolute Gasteiger partial charge is 0.355 e. The molecule has 1 unspecified atom stereocenters. The second kappa shape index (κ2) is 8.48. The molecule has 0 radical (unpaired) electrons. The normalized spacial score (nSPS) is 18.9. The number of rotatable bonds is 7. The number of carbonyl (C=O) groups excluding carboxylic acids is 1. The highest BCUT2D eigenvalue weighted by Crippen LogP contribution is 2.17. The average molecular weight is 255 g/mol. The van der Waals surface area contributed by atoms with Crippen molar-refractivity contribution in [2.24, 2.45) is 11.7 Å². The third-order valence-corrected chi connectivity index (χ3v) is 3.61. The van der Waals surface area contributed by atoms with E-state index in [0.717, 1.165) is 32.5 Å². The smallest absolute Gasteiger partial charge is 0.237 e. The molecule has 1 amide bonds. The second-order valence-electron chi connectivity index (χ2n) is 5.57. The molecule has 1 aliphatic heterocycles. The molecule has 0 spiro atoms.